The van der Waals surface area contributed by atoms with Crippen molar-refractivity contribution < 1.29 is 4.79 Å². The number of amides is 1. The maximum Gasteiger partial charge on any atom is 0.258 e. The highest BCUT2D eigenvalue weighted by Crippen LogP contribution is 2.16. The van der Waals surface area contributed by atoms with Crippen molar-refractivity contribution in [3.05, 3.63) is 41.5 Å². The molecule has 104 valence electrons. The van der Waals surface area contributed by atoms with E-state index in [1.54, 1.807) is 23.3 Å². The summed E-state index contributed by atoms with van der Waals surface area (Å²) in [5, 5.41) is 10.3. The Morgan fingerprint density at radius 1 is 1.50 bits per heavy atom. The van der Waals surface area contributed by atoms with Crippen molar-refractivity contribution >= 4 is 11.6 Å². The molecule has 0 atom stereocenters. The van der Waals surface area contributed by atoms with Gasteiger partial charge in [-0.15, -0.1) is 0 Å². The zero-order valence-electron chi connectivity index (χ0n) is 11.4. The van der Waals surface area contributed by atoms with Crippen LogP contribution in [0.4, 0.5) is 5.69 Å². The summed E-state index contributed by atoms with van der Waals surface area (Å²) in [5.74, 6) is -0.157. The molecule has 3 heterocycles. The monoisotopic (exact) mass is 271 g/mol. The first-order valence-corrected chi connectivity index (χ1v) is 6.78. The summed E-state index contributed by atoms with van der Waals surface area (Å²) >= 11 is 0. The van der Waals surface area contributed by atoms with Crippen LogP contribution in [0.1, 0.15) is 28.5 Å². The smallest absolute Gasteiger partial charge is 0.258 e. The maximum atomic E-state index is 12.1. The minimum absolute atomic E-state index is 0.157. The zero-order valence-corrected chi connectivity index (χ0v) is 11.4. The van der Waals surface area contributed by atoms with Gasteiger partial charge in [0.25, 0.3) is 5.91 Å². The number of aryl methyl sites for hydroxylation is 1. The van der Waals surface area contributed by atoms with Crippen molar-refractivity contribution in [3.63, 3.8) is 0 Å². The molecule has 1 amide bonds. The van der Waals surface area contributed by atoms with Crippen LogP contribution >= 0.6 is 0 Å². The first kappa shape index (κ1) is 12.8. The molecule has 2 aromatic heterocycles. The number of anilines is 1. The Morgan fingerprint density at radius 3 is 3.20 bits per heavy atom. The number of rotatable bonds is 3. The highest BCUT2D eigenvalue weighted by atomic mass is 16.1. The lowest BCUT2D eigenvalue weighted by molar-refractivity contribution is 0.102. The van der Waals surface area contributed by atoms with Gasteiger partial charge < -0.3 is 10.6 Å². The number of hydrogen-bond donors (Lipinski definition) is 2. The van der Waals surface area contributed by atoms with Crippen LogP contribution in [0.2, 0.25) is 0 Å². The number of nitrogens with one attached hydrogen (secondary N) is 2. The number of aromatic nitrogens is 3. The van der Waals surface area contributed by atoms with Gasteiger partial charge in [-0.3, -0.25) is 14.5 Å². The van der Waals surface area contributed by atoms with E-state index < -0.39 is 0 Å². The van der Waals surface area contributed by atoms with Crippen molar-refractivity contribution in [3.8, 4) is 0 Å². The van der Waals surface area contributed by atoms with E-state index in [2.05, 4.69) is 20.7 Å². The standard InChI is InChI=1S/C14H17N5O/c1-2-19-9-11(7-17-19)14(20)18-12-5-10-6-15-4-3-13(10)16-8-12/h5,7-9,15H,2-4,6H2,1H3,(H,18,20). The van der Waals surface area contributed by atoms with Crippen LogP contribution < -0.4 is 10.6 Å². The third-order valence-electron chi connectivity index (χ3n) is 3.39. The lowest BCUT2D eigenvalue weighted by Gasteiger charge is -2.16. The fourth-order valence-corrected chi connectivity index (χ4v) is 2.27. The van der Waals surface area contributed by atoms with Gasteiger partial charge in [0.05, 0.1) is 23.6 Å². The third-order valence-corrected chi connectivity index (χ3v) is 3.39. The van der Waals surface area contributed by atoms with Crippen molar-refractivity contribution in [1.82, 2.24) is 20.1 Å². The van der Waals surface area contributed by atoms with Crippen LogP contribution in [0.3, 0.4) is 0 Å². The summed E-state index contributed by atoms with van der Waals surface area (Å²) in [7, 11) is 0. The van der Waals surface area contributed by atoms with E-state index in [0.29, 0.717) is 5.56 Å². The molecule has 3 rings (SSSR count). The van der Waals surface area contributed by atoms with Crippen molar-refractivity contribution in [1.29, 1.82) is 0 Å². The first-order valence-electron chi connectivity index (χ1n) is 6.78. The fourth-order valence-electron chi connectivity index (χ4n) is 2.27. The van der Waals surface area contributed by atoms with Gasteiger partial charge in [0.1, 0.15) is 0 Å². The Balaban J connectivity index is 1.75. The second-order valence-electron chi connectivity index (χ2n) is 4.80. The van der Waals surface area contributed by atoms with E-state index in [1.165, 1.54) is 0 Å². The van der Waals surface area contributed by atoms with Gasteiger partial charge in [-0.2, -0.15) is 5.10 Å². The minimum Gasteiger partial charge on any atom is -0.320 e. The van der Waals surface area contributed by atoms with Crippen molar-refractivity contribution in [2.75, 3.05) is 11.9 Å². The Bertz CT molecular complexity index is 634. The Kier molecular flexibility index (Phi) is 3.47. The van der Waals surface area contributed by atoms with Crippen LogP contribution in [-0.2, 0) is 19.5 Å². The normalized spacial score (nSPS) is 13.8. The van der Waals surface area contributed by atoms with Crippen molar-refractivity contribution in [2.24, 2.45) is 0 Å². The topological polar surface area (TPSA) is 71.8 Å². The van der Waals surface area contributed by atoms with Gasteiger partial charge >= 0.3 is 0 Å². The molecule has 0 fully saturated rings. The lowest BCUT2D eigenvalue weighted by atomic mass is 10.1. The summed E-state index contributed by atoms with van der Waals surface area (Å²) in [4.78, 5) is 16.5. The van der Waals surface area contributed by atoms with E-state index in [0.717, 1.165) is 43.0 Å². The summed E-state index contributed by atoms with van der Waals surface area (Å²) in [6.07, 6.45) is 5.97. The van der Waals surface area contributed by atoms with E-state index in [-0.39, 0.29) is 5.91 Å². The van der Waals surface area contributed by atoms with E-state index in [1.807, 2.05) is 13.0 Å². The van der Waals surface area contributed by atoms with Gasteiger partial charge in [0, 0.05) is 37.9 Å². The second-order valence-corrected chi connectivity index (χ2v) is 4.80. The number of fused-ring (bicyclic) bond motifs is 1. The van der Waals surface area contributed by atoms with Gasteiger partial charge in [-0.05, 0) is 18.6 Å². The first-order chi connectivity index (χ1) is 9.76. The fraction of sp³-hybridized carbons (Fsp3) is 0.357. The van der Waals surface area contributed by atoms with Gasteiger partial charge in [-0.25, -0.2) is 0 Å². The average molecular weight is 271 g/mol. The number of carbonyl (C=O) groups excluding carboxylic acids is 1. The molecule has 2 N–H and O–H groups in total. The molecule has 0 radical (unpaired) electrons. The number of nitrogens with zero attached hydrogens (tertiary/aromatic N) is 3. The summed E-state index contributed by atoms with van der Waals surface area (Å²) in [5.41, 5.74) is 3.54. The highest BCUT2D eigenvalue weighted by Gasteiger charge is 2.13. The molecule has 1 aliphatic heterocycles. The molecule has 0 spiro atoms. The highest BCUT2D eigenvalue weighted by molar-refractivity contribution is 6.03. The largest absolute Gasteiger partial charge is 0.320 e. The molecule has 6 heteroatoms. The maximum absolute atomic E-state index is 12.1. The van der Waals surface area contributed by atoms with Gasteiger partial charge in [0.15, 0.2) is 0 Å². The molecule has 1 aliphatic rings. The van der Waals surface area contributed by atoms with E-state index in [9.17, 15) is 4.79 Å². The molecule has 0 bridgehead atoms. The molecule has 2 aromatic rings. The molecule has 0 unspecified atom stereocenters. The SMILES string of the molecule is CCn1cc(C(=O)Nc2cnc3c(c2)CNCC3)cn1. The number of pyridine rings is 1. The Morgan fingerprint density at radius 2 is 2.40 bits per heavy atom. The predicted octanol–water partition coefficient (Wildman–Crippen LogP) is 1.20. The summed E-state index contributed by atoms with van der Waals surface area (Å²) < 4.78 is 1.73. The van der Waals surface area contributed by atoms with Crippen LogP contribution in [0.5, 0.6) is 0 Å². The average Bonchev–Trinajstić information content (AvgIpc) is 2.96. The lowest BCUT2D eigenvalue weighted by Crippen LogP contribution is -2.24. The van der Waals surface area contributed by atoms with Crippen LogP contribution in [0, 0.1) is 0 Å². The third kappa shape index (κ3) is 2.55. The molecule has 0 saturated carbocycles. The van der Waals surface area contributed by atoms with Crippen LogP contribution in [0.25, 0.3) is 0 Å². The molecular weight excluding hydrogens is 254 g/mol. The number of carbonyl (C=O) groups is 1. The minimum atomic E-state index is -0.157. The molecular formula is C14H17N5O. The summed E-state index contributed by atoms with van der Waals surface area (Å²) in [6.45, 7) is 4.50. The second kappa shape index (κ2) is 5.42. The predicted molar refractivity (Wildman–Crippen MR) is 75.5 cm³/mol. The van der Waals surface area contributed by atoms with E-state index in [4.69, 9.17) is 0 Å². The quantitative estimate of drug-likeness (QED) is 0.879. The summed E-state index contributed by atoms with van der Waals surface area (Å²) in [6, 6.07) is 1.98. The molecule has 0 aromatic carbocycles. The molecule has 0 aliphatic carbocycles. The van der Waals surface area contributed by atoms with E-state index >= 15 is 0 Å². The molecule has 6 nitrogen and oxygen atoms in total. The van der Waals surface area contributed by atoms with Crippen molar-refractivity contribution in [2.45, 2.75) is 26.4 Å². The number of hydrogen-bond acceptors (Lipinski definition) is 4. The van der Waals surface area contributed by atoms with Crippen LogP contribution in [0.15, 0.2) is 24.7 Å². The Labute approximate surface area is 117 Å². The van der Waals surface area contributed by atoms with Gasteiger partial charge in [0.2, 0.25) is 0 Å². The van der Waals surface area contributed by atoms with Gasteiger partial charge in [-0.1, -0.05) is 0 Å². The molecule has 0 saturated heterocycles. The Hall–Kier alpha value is -2.21. The van der Waals surface area contributed by atoms with Crippen LogP contribution in [-0.4, -0.2) is 27.2 Å². The molecule has 20 heavy (non-hydrogen) atoms. The zero-order chi connectivity index (χ0) is 13.9.